The number of aryl methyl sites for hydroxylation is 1. The molecule has 0 amide bonds. The van der Waals surface area contributed by atoms with E-state index in [2.05, 4.69) is 10.1 Å². The smallest absolute Gasteiger partial charge is 0.223 e. The van der Waals surface area contributed by atoms with Crippen LogP contribution in [0.15, 0.2) is 22.7 Å². The molecule has 1 aromatic carbocycles. The predicted molar refractivity (Wildman–Crippen MR) is 67.4 cm³/mol. The molecule has 0 bridgehead atoms. The minimum absolute atomic E-state index is 0.161. The first-order valence-corrected chi connectivity index (χ1v) is 5.91. The summed E-state index contributed by atoms with van der Waals surface area (Å²) in [5.41, 5.74) is 6.72. The number of nitrogens with two attached hydrogens (primary N) is 1. The molecule has 18 heavy (non-hydrogen) atoms. The highest BCUT2D eigenvalue weighted by molar-refractivity contribution is 6.30. The van der Waals surface area contributed by atoms with Crippen molar-refractivity contribution in [1.82, 2.24) is 10.1 Å². The summed E-state index contributed by atoms with van der Waals surface area (Å²) >= 11 is 5.93. The van der Waals surface area contributed by atoms with Crippen molar-refractivity contribution in [2.75, 3.05) is 0 Å². The third-order valence-electron chi connectivity index (χ3n) is 2.39. The summed E-state index contributed by atoms with van der Waals surface area (Å²) in [7, 11) is 0. The molecule has 0 aliphatic heterocycles. The van der Waals surface area contributed by atoms with Gasteiger partial charge in [0.25, 0.3) is 0 Å². The highest BCUT2D eigenvalue weighted by atomic mass is 35.5. The number of rotatable bonds is 4. The van der Waals surface area contributed by atoms with Gasteiger partial charge in [0.1, 0.15) is 5.75 Å². The van der Waals surface area contributed by atoms with E-state index < -0.39 is 0 Å². The van der Waals surface area contributed by atoms with Crippen LogP contribution in [0.1, 0.15) is 30.2 Å². The van der Waals surface area contributed by atoms with Crippen LogP contribution in [0.3, 0.4) is 0 Å². The van der Waals surface area contributed by atoms with Gasteiger partial charge in [-0.3, -0.25) is 0 Å². The number of ether oxygens (including phenoxy) is 1. The summed E-state index contributed by atoms with van der Waals surface area (Å²) in [5, 5.41) is 4.38. The lowest BCUT2D eigenvalue weighted by molar-refractivity contribution is 0.282. The molecule has 2 N–H and O–H groups in total. The number of aromatic nitrogens is 2. The van der Waals surface area contributed by atoms with Crippen molar-refractivity contribution in [1.29, 1.82) is 0 Å². The van der Waals surface area contributed by atoms with E-state index in [0.29, 0.717) is 22.5 Å². The van der Waals surface area contributed by atoms with Gasteiger partial charge in [-0.2, -0.15) is 4.98 Å². The fourth-order valence-electron chi connectivity index (χ4n) is 1.55. The molecule has 0 fully saturated rings. The molecule has 0 saturated heterocycles. The molecule has 5 nitrogen and oxygen atoms in total. The van der Waals surface area contributed by atoms with Gasteiger partial charge >= 0.3 is 0 Å². The molecule has 0 radical (unpaired) electrons. The van der Waals surface area contributed by atoms with Crippen LogP contribution in [0.2, 0.25) is 5.02 Å². The van der Waals surface area contributed by atoms with Crippen molar-refractivity contribution >= 4 is 11.6 Å². The molecule has 0 spiro atoms. The Labute approximate surface area is 110 Å². The first-order valence-electron chi connectivity index (χ1n) is 5.53. The maximum Gasteiger partial charge on any atom is 0.223 e. The molecule has 0 saturated carbocycles. The van der Waals surface area contributed by atoms with Crippen LogP contribution < -0.4 is 10.5 Å². The molecule has 96 valence electrons. The highest BCUT2D eigenvalue weighted by Gasteiger charge is 2.10. The number of halogens is 1. The van der Waals surface area contributed by atoms with Crippen LogP contribution in [-0.2, 0) is 6.61 Å². The number of benzene rings is 1. The molecule has 1 aromatic heterocycles. The van der Waals surface area contributed by atoms with E-state index in [9.17, 15) is 0 Å². The normalized spacial score (nSPS) is 12.4. The van der Waals surface area contributed by atoms with Gasteiger partial charge in [-0.25, -0.2) is 0 Å². The Hall–Kier alpha value is -1.59. The Kier molecular flexibility index (Phi) is 3.84. The lowest BCUT2D eigenvalue weighted by Gasteiger charge is -2.13. The molecule has 1 heterocycles. The van der Waals surface area contributed by atoms with Gasteiger partial charge in [0.15, 0.2) is 6.61 Å². The van der Waals surface area contributed by atoms with E-state index in [-0.39, 0.29) is 12.6 Å². The van der Waals surface area contributed by atoms with Gasteiger partial charge in [-0.05, 0) is 25.1 Å². The van der Waals surface area contributed by atoms with Crippen LogP contribution in [-0.4, -0.2) is 10.1 Å². The molecule has 2 aromatic rings. The maximum atomic E-state index is 5.93. The van der Waals surface area contributed by atoms with E-state index in [4.69, 9.17) is 26.6 Å². The SMILES string of the molecule is Cc1nc(COc2ccc(Cl)cc2[C@H](C)N)no1. The molecule has 1 atom stereocenters. The van der Waals surface area contributed by atoms with Crippen LogP contribution in [0.4, 0.5) is 0 Å². The second-order valence-corrected chi connectivity index (χ2v) is 4.43. The first-order chi connectivity index (χ1) is 8.56. The summed E-state index contributed by atoms with van der Waals surface area (Å²) in [6.45, 7) is 3.84. The van der Waals surface area contributed by atoms with Crippen molar-refractivity contribution in [3.05, 3.63) is 40.5 Å². The molecule has 6 heteroatoms. The van der Waals surface area contributed by atoms with Gasteiger partial charge in [0, 0.05) is 23.6 Å². The minimum atomic E-state index is -0.161. The quantitative estimate of drug-likeness (QED) is 0.922. The lowest BCUT2D eigenvalue weighted by Crippen LogP contribution is -2.08. The average molecular weight is 268 g/mol. The second-order valence-electron chi connectivity index (χ2n) is 3.99. The van der Waals surface area contributed by atoms with Gasteiger partial charge in [0.2, 0.25) is 11.7 Å². The number of hydrogen-bond donors (Lipinski definition) is 1. The first kappa shape index (κ1) is 12.9. The summed E-state index contributed by atoms with van der Waals surface area (Å²) < 4.78 is 10.5. The van der Waals surface area contributed by atoms with E-state index in [0.717, 1.165) is 5.56 Å². The van der Waals surface area contributed by atoms with E-state index in [1.54, 1.807) is 25.1 Å². The summed E-state index contributed by atoms with van der Waals surface area (Å²) in [6, 6.07) is 5.17. The second kappa shape index (κ2) is 5.37. The largest absolute Gasteiger partial charge is 0.485 e. The molecule has 2 rings (SSSR count). The van der Waals surface area contributed by atoms with Crippen LogP contribution in [0, 0.1) is 6.92 Å². The molecular weight excluding hydrogens is 254 g/mol. The molecule has 0 unspecified atom stereocenters. The van der Waals surface area contributed by atoms with Crippen molar-refractivity contribution in [3.8, 4) is 5.75 Å². The number of nitrogens with zero attached hydrogens (tertiary/aromatic N) is 2. The Morgan fingerprint density at radius 2 is 2.28 bits per heavy atom. The van der Waals surface area contributed by atoms with Crippen LogP contribution in [0.25, 0.3) is 0 Å². The Bertz CT molecular complexity index is 540. The summed E-state index contributed by atoms with van der Waals surface area (Å²) in [4.78, 5) is 4.06. The zero-order chi connectivity index (χ0) is 13.1. The predicted octanol–water partition coefficient (Wildman–Crippen LogP) is 2.63. The summed E-state index contributed by atoms with van der Waals surface area (Å²) in [5.74, 6) is 1.69. The van der Waals surface area contributed by atoms with Gasteiger partial charge in [-0.15, -0.1) is 0 Å². The van der Waals surface area contributed by atoms with Crippen molar-refractivity contribution < 1.29 is 9.26 Å². The monoisotopic (exact) mass is 267 g/mol. The Morgan fingerprint density at radius 3 is 2.89 bits per heavy atom. The fourth-order valence-corrected chi connectivity index (χ4v) is 1.73. The molecular formula is C12H14ClN3O2. The molecule has 0 aliphatic rings. The van der Waals surface area contributed by atoms with Gasteiger partial charge in [0.05, 0.1) is 0 Å². The van der Waals surface area contributed by atoms with E-state index >= 15 is 0 Å². The van der Waals surface area contributed by atoms with E-state index in [1.807, 2.05) is 6.92 Å². The standard InChI is InChI=1S/C12H14ClN3O2/c1-7(14)10-5-9(13)3-4-11(10)17-6-12-15-8(2)18-16-12/h3-5,7H,6,14H2,1-2H3/t7-/m0/s1. The number of hydrogen-bond acceptors (Lipinski definition) is 5. The lowest BCUT2D eigenvalue weighted by atomic mass is 10.1. The maximum absolute atomic E-state index is 5.93. The van der Waals surface area contributed by atoms with Crippen LogP contribution in [0.5, 0.6) is 5.75 Å². The van der Waals surface area contributed by atoms with E-state index in [1.165, 1.54) is 0 Å². The topological polar surface area (TPSA) is 74.2 Å². The van der Waals surface area contributed by atoms with Crippen LogP contribution >= 0.6 is 11.6 Å². The zero-order valence-electron chi connectivity index (χ0n) is 10.2. The third kappa shape index (κ3) is 3.00. The fraction of sp³-hybridized carbons (Fsp3) is 0.333. The van der Waals surface area contributed by atoms with Crippen molar-refractivity contribution in [3.63, 3.8) is 0 Å². The summed E-state index contributed by atoms with van der Waals surface area (Å²) in [6.07, 6.45) is 0. The van der Waals surface area contributed by atoms with Crippen molar-refractivity contribution in [2.45, 2.75) is 26.5 Å². The minimum Gasteiger partial charge on any atom is -0.485 e. The Balaban J connectivity index is 2.13. The highest BCUT2D eigenvalue weighted by Crippen LogP contribution is 2.27. The Morgan fingerprint density at radius 1 is 1.50 bits per heavy atom. The van der Waals surface area contributed by atoms with Gasteiger partial charge in [-0.1, -0.05) is 16.8 Å². The average Bonchev–Trinajstić information content (AvgIpc) is 2.73. The van der Waals surface area contributed by atoms with Gasteiger partial charge < -0.3 is 15.0 Å². The van der Waals surface area contributed by atoms with Crippen molar-refractivity contribution in [2.24, 2.45) is 5.73 Å². The third-order valence-corrected chi connectivity index (χ3v) is 2.62. The zero-order valence-corrected chi connectivity index (χ0v) is 10.9. The molecule has 0 aliphatic carbocycles.